The van der Waals surface area contributed by atoms with Crippen LogP contribution in [0.2, 0.25) is 0 Å². The van der Waals surface area contributed by atoms with Crippen LogP contribution in [0.1, 0.15) is 30.2 Å². The summed E-state index contributed by atoms with van der Waals surface area (Å²) in [5.74, 6) is 0.381. The van der Waals surface area contributed by atoms with E-state index in [0.717, 1.165) is 11.1 Å². The van der Waals surface area contributed by atoms with E-state index in [2.05, 4.69) is 15.8 Å². The number of anilines is 1. The van der Waals surface area contributed by atoms with E-state index in [0.29, 0.717) is 37.6 Å². The maximum atomic E-state index is 14.5. The Kier molecular flexibility index (Phi) is 6.14. The Morgan fingerprint density at radius 1 is 1.27 bits per heavy atom. The second kappa shape index (κ2) is 8.73. The highest BCUT2D eigenvalue weighted by Crippen LogP contribution is 2.21. The zero-order chi connectivity index (χ0) is 18.4. The highest BCUT2D eigenvalue weighted by Gasteiger charge is 2.22. The van der Waals surface area contributed by atoms with Crippen LogP contribution in [0.3, 0.4) is 0 Å². The summed E-state index contributed by atoms with van der Waals surface area (Å²) < 4.78 is 24.7. The van der Waals surface area contributed by atoms with Crippen molar-refractivity contribution in [2.75, 3.05) is 25.1 Å². The second-order valence-electron chi connectivity index (χ2n) is 6.16. The molecule has 1 aliphatic heterocycles. The van der Waals surface area contributed by atoms with E-state index in [4.69, 9.17) is 9.26 Å². The van der Waals surface area contributed by atoms with Gasteiger partial charge in [0.1, 0.15) is 17.6 Å². The number of halogens is 1. The normalized spacial score (nSPS) is 15.5. The molecular weight excluding hydrogens is 337 g/mol. The van der Waals surface area contributed by atoms with Crippen molar-refractivity contribution in [3.63, 3.8) is 0 Å². The van der Waals surface area contributed by atoms with Gasteiger partial charge in [-0.05, 0) is 30.9 Å². The number of carbonyl (C=O) groups is 1. The van der Waals surface area contributed by atoms with Gasteiger partial charge in [-0.3, -0.25) is 10.1 Å². The maximum absolute atomic E-state index is 14.5. The topological polar surface area (TPSA) is 76.4 Å². The van der Waals surface area contributed by atoms with Crippen LogP contribution in [0, 0.1) is 6.92 Å². The molecule has 0 aliphatic carbocycles. The predicted octanol–water partition coefficient (Wildman–Crippen LogP) is 3.29. The number of rotatable bonds is 6. The van der Waals surface area contributed by atoms with Crippen LogP contribution in [-0.2, 0) is 9.53 Å². The molecule has 138 valence electrons. The Morgan fingerprint density at radius 2 is 2.00 bits per heavy atom. The summed E-state index contributed by atoms with van der Waals surface area (Å²) in [6.07, 6.45) is 1.18. The number of ether oxygens (including phenoxy) is 1. The van der Waals surface area contributed by atoms with Gasteiger partial charge in [-0.25, -0.2) is 4.39 Å². The molecule has 1 amide bonds. The third-order valence-corrected chi connectivity index (χ3v) is 4.22. The van der Waals surface area contributed by atoms with Gasteiger partial charge >= 0.3 is 0 Å². The lowest BCUT2D eigenvalue weighted by Gasteiger charge is -2.20. The van der Waals surface area contributed by atoms with Crippen LogP contribution in [-0.4, -0.2) is 30.8 Å². The van der Waals surface area contributed by atoms with Crippen LogP contribution in [0.4, 0.5) is 10.2 Å². The summed E-state index contributed by atoms with van der Waals surface area (Å²) >= 11 is 0. The van der Waals surface area contributed by atoms with Crippen molar-refractivity contribution in [2.45, 2.75) is 25.8 Å². The number of hydrogen-bond donors (Lipinski definition) is 2. The van der Waals surface area contributed by atoms with Gasteiger partial charge in [-0.2, -0.15) is 0 Å². The van der Waals surface area contributed by atoms with E-state index >= 15 is 0 Å². The minimum Gasteiger partial charge on any atom is -0.381 e. The second-order valence-corrected chi connectivity index (χ2v) is 6.16. The number of carbonyl (C=O) groups excluding carboxylic acids is 1. The fraction of sp³-hybridized carbons (Fsp3) is 0.368. The number of aryl methyl sites for hydroxylation is 1. The average Bonchev–Trinajstić information content (AvgIpc) is 3.08. The van der Waals surface area contributed by atoms with Gasteiger partial charge < -0.3 is 14.6 Å². The Bertz CT molecular complexity index is 765. The third kappa shape index (κ3) is 4.77. The molecule has 1 unspecified atom stereocenters. The molecule has 1 atom stereocenters. The summed E-state index contributed by atoms with van der Waals surface area (Å²) in [7, 11) is 0. The van der Waals surface area contributed by atoms with Gasteiger partial charge in [-0.15, -0.1) is 0 Å². The molecule has 0 radical (unpaired) electrons. The van der Waals surface area contributed by atoms with Gasteiger partial charge in [0.05, 0.1) is 13.2 Å². The molecular formula is C19H22FN3O3. The van der Waals surface area contributed by atoms with Crippen molar-refractivity contribution in [3.05, 3.63) is 59.1 Å². The Balaban J connectivity index is 1.72. The number of amides is 1. The number of nitrogens with zero attached hydrogens (tertiary/aromatic N) is 1. The summed E-state index contributed by atoms with van der Waals surface area (Å²) in [5.41, 5.74) is 1.50. The lowest BCUT2D eigenvalue weighted by Crippen LogP contribution is -2.34. The fourth-order valence-electron chi connectivity index (χ4n) is 2.84. The van der Waals surface area contributed by atoms with E-state index in [9.17, 15) is 9.18 Å². The summed E-state index contributed by atoms with van der Waals surface area (Å²) in [4.78, 5) is 12.7. The molecule has 1 fully saturated rings. The first-order valence-corrected chi connectivity index (χ1v) is 8.60. The van der Waals surface area contributed by atoms with Crippen LogP contribution in [0.5, 0.6) is 0 Å². The van der Waals surface area contributed by atoms with Gasteiger partial charge in [0, 0.05) is 12.6 Å². The highest BCUT2D eigenvalue weighted by molar-refractivity contribution is 5.94. The van der Waals surface area contributed by atoms with E-state index in [1.54, 1.807) is 13.0 Å². The zero-order valence-corrected chi connectivity index (χ0v) is 14.6. The molecule has 1 aromatic heterocycles. The minimum atomic E-state index is -0.709. The quantitative estimate of drug-likeness (QED) is 0.828. The van der Waals surface area contributed by atoms with Gasteiger partial charge in [0.2, 0.25) is 5.91 Å². The van der Waals surface area contributed by atoms with Crippen molar-refractivity contribution in [1.29, 1.82) is 0 Å². The third-order valence-electron chi connectivity index (χ3n) is 4.22. The molecule has 0 bridgehead atoms. The summed E-state index contributed by atoms with van der Waals surface area (Å²) in [5, 5.41) is 9.48. The van der Waals surface area contributed by atoms with Crippen molar-refractivity contribution in [1.82, 2.24) is 10.5 Å². The Hall–Kier alpha value is -2.51. The van der Waals surface area contributed by atoms with E-state index in [1.165, 1.54) is 0 Å². The van der Waals surface area contributed by atoms with E-state index in [-0.39, 0.29) is 18.3 Å². The molecule has 6 nitrogen and oxygen atoms in total. The Labute approximate surface area is 151 Å². The van der Waals surface area contributed by atoms with Gasteiger partial charge in [-0.1, -0.05) is 35.5 Å². The summed E-state index contributed by atoms with van der Waals surface area (Å²) in [6, 6.07) is 10.1. The highest BCUT2D eigenvalue weighted by atomic mass is 19.1. The molecule has 26 heavy (non-hydrogen) atoms. The monoisotopic (exact) mass is 359 g/mol. The first-order valence-electron chi connectivity index (χ1n) is 8.60. The lowest BCUT2D eigenvalue weighted by atomic mass is 10.0. The van der Waals surface area contributed by atoms with E-state index in [1.807, 2.05) is 30.3 Å². The minimum absolute atomic E-state index is 0.0137. The standard InChI is InChI=1S/C19H22FN3O3/c1-13-11-17(23-26-13)22-19(24)18(15-5-3-2-4-6-15)21-12-16(20)14-7-9-25-10-8-14/h2-6,11,18,21H,7-10,12H2,1H3,(H,22,23,24). The molecule has 2 aromatic rings. The molecule has 0 saturated carbocycles. The predicted molar refractivity (Wildman–Crippen MR) is 95.2 cm³/mol. The smallest absolute Gasteiger partial charge is 0.247 e. The van der Waals surface area contributed by atoms with E-state index < -0.39 is 6.04 Å². The first kappa shape index (κ1) is 18.3. The van der Waals surface area contributed by atoms with Crippen molar-refractivity contribution in [3.8, 4) is 0 Å². The fourth-order valence-corrected chi connectivity index (χ4v) is 2.84. The van der Waals surface area contributed by atoms with Crippen LogP contribution in [0.15, 0.2) is 52.3 Å². The lowest BCUT2D eigenvalue weighted by molar-refractivity contribution is -0.118. The largest absolute Gasteiger partial charge is 0.381 e. The molecule has 0 spiro atoms. The van der Waals surface area contributed by atoms with Crippen LogP contribution < -0.4 is 10.6 Å². The molecule has 1 aromatic carbocycles. The molecule has 3 rings (SSSR count). The molecule has 2 heterocycles. The van der Waals surface area contributed by atoms with Crippen LogP contribution >= 0.6 is 0 Å². The molecule has 2 N–H and O–H groups in total. The Morgan fingerprint density at radius 3 is 2.65 bits per heavy atom. The SMILES string of the molecule is Cc1cc(NC(=O)C(NCC(F)=C2CCOCC2)c2ccccc2)no1. The van der Waals surface area contributed by atoms with Crippen molar-refractivity contribution in [2.24, 2.45) is 0 Å². The molecule has 1 aliphatic rings. The number of aromatic nitrogens is 1. The van der Waals surface area contributed by atoms with Crippen molar-refractivity contribution < 1.29 is 18.4 Å². The number of nitrogens with one attached hydrogen (secondary N) is 2. The molecule has 1 saturated heterocycles. The van der Waals surface area contributed by atoms with Crippen molar-refractivity contribution >= 4 is 11.7 Å². The van der Waals surface area contributed by atoms with Gasteiger partial charge in [0.25, 0.3) is 0 Å². The van der Waals surface area contributed by atoms with Gasteiger partial charge in [0.15, 0.2) is 5.82 Å². The first-order chi connectivity index (χ1) is 12.6. The average molecular weight is 359 g/mol. The maximum Gasteiger partial charge on any atom is 0.247 e. The summed E-state index contributed by atoms with van der Waals surface area (Å²) in [6.45, 7) is 2.80. The number of hydrogen-bond acceptors (Lipinski definition) is 5. The zero-order valence-electron chi connectivity index (χ0n) is 14.6. The number of benzene rings is 1. The molecule has 7 heteroatoms. The van der Waals surface area contributed by atoms with Crippen LogP contribution in [0.25, 0.3) is 0 Å².